The fourth-order valence-corrected chi connectivity index (χ4v) is 2.03. The van der Waals surface area contributed by atoms with Crippen molar-refractivity contribution in [2.75, 3.05) is 0 Å². The highest BCUT2D eigenvalue weighted by molar-refractivity contribution is 6.83. The van der Waals surface area contributed by atoms with Gasteiger partial charge in [0.15, 0.2) is 0 Å². The van der Waals surface area contributed by atoms with Crippen molar-refractivity contribution in [2.24, 2.45) is 0 Å². The molecule has 0 N–H and O–H groups in total. The number of rotatable bonds is 0. The molecule has 0 spiro atoms. The molecule has 0 atom stereocenters. The topological polar surface area (TPSA) is 12.9 Å². The second kappa shape index (κ2) is 6.24. The highest BCUT2D eigenvalue weighted by Crippen LogP contribution is 2.05. The molecule has 0 fully saturated rings. The minimum Gasteiger partial charge on any atom is -0.265 e. The van der Waals surface area contributed by atoms with Gasteiger partial charge in [-0.25, -0.2) is 0 Å². The maximum atomic E-state index is 3.98. The Balaban J connectivity index is 2.23. The van der Waals surface area contributed by atoms with Crippen molar-refractivity contribution >= 4 is 8.07 Å². The zero-order chi connectivity index (χ0) is 14.4. The summed E-state index contributed by atoms with van der Waals surface area (Å²) in [7, 11) is -1.33. The van der Waals surface area contributed by atoms with E-state index in [0.717, 1.165) is 16.7 Å². The van der Waals surface area contributed by atoms with Crippen LogP contribution in [0.3, 0.4) is 0 Å². The number of aromatic nitrogens is 1. The van der Waals surface area contributed by atoms with Gasteiger partial charge in [0.2, 0.25) is 0 Å². The van der Waals surface area contributed by atoms with Gasteiger partial charge in [-0.05, 0) is 30.3 Å². The molecule has 1 nitrogen and oxygen atoms in total. The quantitative estimate of drug-likeness (QED) is 0.527. The van der Waals surface area contributed by atoms with E-state index >= 15 is 0 Å². The van der Waals surface area contributed by atoms with Gasteiger partial charge < -0.3 is 0 Å². The zero-order valence-corrected chi connectivity index (χ0v) is 13.1. The molecule has 98 valence electrons. The Kier molecular flexibility index (Phi) is 4.40. The van der Waals surface area contributed by atoms with Crippen molar-refractivity contribution in [3.8, 4) is 23.3 Å². The van der Waals surface area contributed by atoms with Crippen LogP contribution >= 0.6 is 0 Å². The fourth-order valence-electron chi connectivity index (χ4n) is 1.51. The van der Waals surface area contributed by atoms with Crippen LogP contribution in [-0.4, -0.2) is 13.1 Å². The SMILES string of the molecule is C[Si](C)(C)C#Cc1cccc(C#Cc2ccncc2)c1. The van der Waals surface area contributed by atoms with Gasteiger partial charge in [0.05, 0.1) is 0 Å². The molecule has 0 radical (unpaired) electrons. The lowest BCUT2D eigenvalue weighted by atomic mass is 10.1. The molecule has 0 bridgehead atoms. The zero-order valence-electron chi connectivity index (χ0n) is 12.1. The Morgan fingerprint density at radius 3 is 2.05 bits per heavy atom. The molecule has 0 aliphatic heterocycles. The van der Waals surface area contributed by atoms with E-state index in [-0.39, 0.29) is 0 Å². The first-order valence-electron chi connectivity index (χ1n) is 6.58. The van der Waals surface area contributed by atoms with Gasteiger partial charge in [0, 0.05) is 29.1 Å². The van der Waals surface area contributed by atoms with Crippen LogP contribution in [0.25, 0.3) is 0 Å². The Bertz CT molecular complexity index is 704. The third-order valence-electron chi connectivity index (χ3n) is 2.48. The summed E-state index contributed by atoms with van der Waals surface area (Å²) in [4.78, 5) is 3.98. The van der Waals surface area contributed by atoms with Crippen molar-refractivity contribution in [1.82, 2.24) is 4.98 Å². The number of hydrogen-bond donors (Lipinski definition) is 0. The molecular weight excluding hydrogens is 258 g/mol. The minimum absolute atomic E-state index is 0.971. The van der Waals surface area contributed by atoms with Gasteiger partial charge in [0.1, 0.15) is 8.07 Å². The third-order valence-corrected chi connectivity index (χ3v) is 3.35. The largest absolute Gasteiger partial charge is 0.265 e. The molecule has 2 rings (SSSR count). The lowest BCUT2D eigenvalue weighted by Gasteiger charge is -2.03. The Morgan fingerprint density at radius 2 is 1.40 bits per heavy atom. The van der Waals surface area contributed by atoms with Gasteiger partial charge in [0.25, 0.3) is 0 Å². The summed E-state index contributed by atoms with van der Waals surface area (Å²) in [6, 6.07) is 11.9. The maximum absolute atomic E-state index is 3.98. The third kappa shape index (κ3) is 4.76. The molecule has 1 heterocycles. The fraction of sp³-hybridized carbons (Fsp3) is 0.167. The average molecular weight is 275 g/mol. The molecular formula is C18H17NSi. The van der Waals surface area contributed by atoms with Crippen molar-refractivity contribution in [1.29, 1.82) is 0 Å². The van der Waals surface area contributed by atoms with Crippen molar-refractivity contribution < 1.29 is 0 Å². The van der Waals surface area contributed by atoms with Gasteiger partial charge in [-0.1, -0.05) is 43.5 Å². The van der Waals surface area contributed by atoms with E-state index in [1.165, 1.54) is 0 Å². The number of hydrogen-bond acceptors (Lipinski definition) is 1. The standard InChI is InChI=1S/C18H17NSi/c1-20(2,3)14-11-18-6-4-5-17(15-18)8-7-16-9-12-19-13-10-16/h4-6,9-10,12-13,15H,1-3H3. The van der Waals surface area contributed by atoms with Gasteiger partial charge in [-0.15, -0.1) is 5.54 Å². The van der Waals surface area contributed by atoms with Crippen LogP contribution in [0.2, 0.25) is 19.6 Å². The molecule has 0 saturated carbocycles. The van der Waals surface area contributed by atoms with E-state index in [0.29, 0.717) is 0 Å². The van der Waals surface area contributed by atoms with Crippen molar-refractivity contribution in [3.05, 3.63) is 65.5 Å². The summed E-state index contributed by atoms with van der Waals surface area (Å²) in [6.07, 6.45) is 3.50. The van der Waals surface area contributed by atoms with E-state index in [2.05, 4.69) is 47.9 Å². The molecule has 0 amide bonds. The Hall–Kier alpha value is -2.29. The van der Waals surface area contributed by atoms with Crippen LogP contribution in [-0.2, 0) is 0 Å². The molecule has 1 aromatic heterocycles. The highest BCUT2D eigenvalue weighted by Gasteiger charge is 2.07. The summed E-state index contributed by atoms with van der Waals surface area (Å²) in [6.45, 7) is 6.73. The molecule has 0 unspecified atom stereocenters. The smallest absolute Gasteiger partial charge is 0.129 e. The van der Waals surface area contributed by atoms with Crippen molar-refractivity contribution in [3.63, 3.8) is 0 Å². The first-order valence-corrected chi connectivity index (χ1v) is 10.1. The lowest BCUT2D eigenvalue weighted by molar-refractivity contribution is 1.32. The molecule has 0 aliphatic carbocycles. The van der Waals surface area contributed by atoms with Gasteiger partial charge in [-0.3, -0.25) is 4.98 Å². The van der Waals surface area contributed by atoms with E-state index in [1.807, 2.05) is 36.4 Å². The summed E-state index contributed by atoms with van der Waals surface area (Å²) >= 11 is 0. The summed E-state index contributed by atoms with van der Waals surface area (Å²) < 4.78 is 0. The second-order valence-corrected chi connectivity index (χ2v) is 10.3. The van der Waals surface area contributed by atoms with Crippen molar-refractivity contribution in [2.45, 2.75) is 19.6 Å². The van der Waals surface area contributed by atoms with Crippen LogP contribution in [0.1, 0.15) is 16.7 Å². The first-order chi connectivity index (χ1) is 9.53. The summed E-state index contributed by atoms with van der Waals surface area (Å²) in [5.74, 6) is 9.55. The lowest BCUT2D eigenvalue weighted by Crippen LogP contribution is -2.16. The maximum Gasteiger partial charge on any atom is 0.129 e. The molecule has 20 heavy (non-hydrogen) atoms. The number of nitrogens with zero attached hydrogens (tertiary/aromatic N) is 1. The monoisotopic (exact) mass is 275 g/mol. The minimum atomic E-state index is -1.33. The number of benzene rings is 1. The Morgan fingerprint density at radius 1 is 0.800 bits per heavy atom. The van der Waals surface area contributed by atoms with E-state index in [1.54, 1.807) is 12.4 Å². The second-order valence-electron chi connectivity index (χ2n) is 5.57. The van der Waals surface area contributed by atoms with Crippen LogP contribution < -0.4 is 0 Å². The van der Waals surface area contributed by atoms with E-state index < -0.39 is 8.07 Å². The van der Waals surface area contributed by atoms with E-state index in [4.69, 9.17) is 0 Å². The van der Waals surface area contributed by atoms with Gasteiger partial charge >= 0.3 is 0 Å². The predicted octanol–water partition coefficient (Wildman–Crippen LogP) is 3.71. The summed E-state index contributed by atoms with van der Waals surface area (Å²) in [5.41, 5.74) is 6.37. The summed E-state index contributed by atoms with van der Waals surface area (Å²) in [5, 5.41) is 0. The molecule has 0 aliphatic rings. The van der Waals surface area contributed by atoms with E-state index in [9.17, 15) is 0 Å². The van der Waals surface area contributed by atoms with Crippen LogP contribution in [0.15, 0.2) is 48.8 Å². The normalized spacial score (nSPS) is 9.95. The first kappa shape index (κ1) is 14.1. The van der Waals surface area contributed by atoms with Crippen LogP contribution in [0.4, 0.5) is 0 Å². The molecule has 2 aromatic rings. The van der Waals surface area contributed by atoms with Crippen LogP contribution in [0.5, 0.6) is 0 Å². The van der Waals surface area contributed by atoms with Crippen LogP contribution in [0, 0.1) is 23.3 Å². The highest BCUT2D eigenvalue weighted by atomic mass is 28.3. The van der Waals surface area contributed by atoms with Gasteiger partial charge in [-0.2, -0.15) is 0 Å². The molecule has 1 aromatic carbocycles. The Labute approximate surface area is 122 Å². The predicted molar refractivity (Wildman–Crippen MR) is 86.9 cm³/mol. The average Bonchev–Trinajstić information content (AvgIpc) is 2.44. The molecule has 0 saturated heterocycles. The number of pyridine rings is 1. The molecule has 2 heteroatoms.